The van der Waals surface area contributed by atoms with Gasteiger partial charge >= 0.3 is 0 Å². The summed E-state index contributed by atoms with van der Waals surface area (Å²) in [5.41, 5.74) is 11.1. The van der Waals surface area contributed by atoms with Crippen molar-refractivity contribution in [2.75, 3.05) is 0 Å². The molecule has 8 aromatic rings. The van der Waals surface area contributed by atoms with Crippen LogP contribution in [0.15, 0.2) is 170 Å². The molecule has 0 bridgehead atoms. The maximum Gasteiger partial charge on any atom is 0.197 e. The molecule has 0 aromatic heterocycles. The number of hydrogen-bond donors (Lipinski definition) is 0. The van der Waals surface area contributed by atoms with Crippen LogP contribution in [0.3, 0.4) is 0 Å². The highest BCUT2D eigenvalue weighted by Gasteiger charge is 2.26. The first-order chi connectivity index (χ1) is 27.8. The summed E-state index contributed by atoms with van der Waals surface area (Å²) in [6, 6.07) is 53.3. The monoisotopic (exact) mass is 772 g/mol. The fourth-order valence-corrected chi connectivity index (χ4v) is 11.8. The second-order valence-electron chi connectivity index (χ2n) is 14.6. The lowest BCUT2D eigenvalue weighted by Gasteiger charge is -2.27. The zero-order valence-corrected chi connectivity index (χ0v) is 32.9. The van der Waals surface area contributed by atoms with Gasteiger partial charge in [-0.1, -0.05) is 194 Å². The van der Waals surface area contributed by atoms with Crippen molar-refractivity contribution in [1.29, 1.82) is 0 Å². The lowest BCUT2D eigenvalue weighted by atomic mass is 9.92. The molecule has 268 valence electrons. The number of thioether (sulfide) groups is 2. The molecule has 12 rings (SSSR count). The minimum absolute atomic E-state index is 0.374. The second kappa shape index (κ2) is 14.9. The van der Waals surface area contributed by atoms with Crippen LogP contribution in [-0.4, -0.2) is 4.21 Å². The van der Waals surface area contributed by atoms with Gasteiger partial charge in [-0.05, 0) is 87.6 Å². The Bertz CT molecular complexity index is 2530. The van der Waals surface area contributed by atoms with Crippen molar-refractivity contribution in [3.63, 3.8) is 0 Å². The molecule has 0 radical (unpaired) electrons. The van der Waals surface area contributed by atoms with E-state index in [1.807, 2.05) is 23.5 Å². The smallest absolute Gasteiger partial charge is 0.197 e. The predicted octanol–water partition coefficient (Wildman–Crippen LogP) is 14.8. The van der Waals surface area contributed by atoms with E-state index in [0.717, 1.165) is 0 Å². The van der Waals surface area contributed by atoms with Crippen molar-refractivity contribution >= 4 is 103 Å². The molecule has 56 heavy (non-hydrogen) atoms. The maximum atomic E-state index is 7.83. The highest BCUT2D eigenvalue weighted by molar-refractivity contribution is 8.00. The SMILES string of the molecule is C1=CC(SC2C=Cc3cccc4cccc2c34)c2cccc3cccc1c23.C1=CC(SC2C=Cc3cccc4cccc2c34)c2cccc3cccc1c23.O=S. The van der Waals surface area contributed by atoms with Gasteiger partial charge in [0.2, 0.25) is 0 Å². The van der Waals surface area contributed by atoms with E-state index in [1.54, 1.807) is 0 Å². The van der Waals surface area contributed by atoms with Gasteiger partial charge in [-0.15, -0.1) is 23.5 Å². The third-order valence-corrected chi connectivity index (χ3v) is 14.3. The van der Waals surface area contributed by atoms with E-state index in [2.05, 4.69) is 207 Å². The van der Waals surface area contributed by atoms with Gasteiger partial charge in [0, 0.05) is 21.0 Å². The van der Waals surface area contributed by atoms with Crippen LogP contribution in [0.2, 0.25) is 0 Å². The fourth-order valence-electron chi connectivity index (χ4n) is 9.07. The van der Waals surface area contributed by atoms with E-state index in [-0.39, 0.29) is 0 Å². The molecule has 4 unspecified atom stereocenters. The molecule has 4 atom stereocenters. The average molecular weight is 773 g/mol. The van der Waals surface area contributed by atoms with E-state index in [1.165, 1.54) is 87.6 Å². The van der Waals surface area contributed by atoms with Gasteiger partial charge < -0.3 is 0 Å². The Morgan fingerprint density at radius 3 is 0.750 bits per heavy atom. The molecule has 4 heteroatoms. The molecule has 0 aliphatic heterocycles. The zero-order valence-electron chi connectivity index (χ0n) is 30.4. The van der Waals surface area contributed by atoms with Gasteiger partial charge in [-0.25, -0.2) is 0 Å². The van der Waals surface area contributed by atoms with Gasteiger partial charge in [0.15, 0.2) is 12.5 Å². The number of benzene rings is 8. The first-order valence-corrected chi connectivity index (χ1v) is 21.3. The minimum atomic E-state index is 0.374. The first-order valence-electron chi connectivity index (χ1n) is 19.0. The fraction of sp³-hybridized carbons (Fsp3) is 0.0769. The van der Waals surface area contributed by atoms with Crippen molar-refractivity contribution in [3.05, 3.63) is 214 Å². The summed E-state index contributed by atoms with van der Waals surface area (Å²) in [7, 11) is 0. The Morgan fingerprint density at radius 2 is 0.518 bits per heavy atom. The Balaban J connectivity index is 0.000000132. The van der Waals surface area contributed by atoms with Crippen LogP contribution in [0.4, 0.5) is 0 Å². The largest absolute Gasteiger partial charge is 0.197 e. The van der Waals surface area contributed by atoms with Crippen LogP contribution >= 0.6 is 23.5 Å². The van der Waals surface area contributed by atoms with Gasteiger partial charge in [0.1, 0.15) is 0 Å². The van der Waals surface area contributed by atoms with Crippen LogP contribution in [-0.2, 0) is 12.5 Å². The van der Waals surface area contributed by atoms with Crippen molar-refractivity contribution in [1.82, 2.24) is 0 Å². The highest BCUT2D eigenvalue weighted by atomic mass is 32.2. The van der Waals surface area contributed by atoms with Crippen LogP contribution in [0.1, 0.15) is 65.5 Å². The molecule has 0 heterocycles. The number of hydrogen-bond acceptors (Lipinski definition) is 4. The molecule has 8 aromatic carbocycles. The molecule has 1 nitrogen and oxygen atoms in total. The molecule has 0 N–H and O–H groups in total. The topological polar surface area (TPSA) is 17.1 Å². The van der Waals surface area contributed by atoms with Gasteiger partial charge in [0.25, 0.3) is 0 Å². The van der Waals surface area contributed by atoms with E-state index < -0.39 is 0 Å². The minimum Gasteiger partial charge on any atom is -0.197 e. The lowest BCUT2D eigenvalue weighted by molar-refractivity contribution is 0.702. The molecule has 0 saturated carbocycles. The summed E-state index contributed by atoms with van der Waals surface area (Å²) < 4.78 is 7.83. The van der Waals surface area contributed by atoms with Gasteiger partial charge in [0.05, 0.1) is 0 Å². The molecule has 0 saturated heterocycles. The normalized spacial score (nSPS) is 19.1. The summed E-state index contributed by atoms with van der Waals surface area (Å²) in [5, 5.41) is 12.5. The van der Waals surface area contributed by atoms with Gasteiger partial charge in [-0.3, -0.25) is 0 Å². The summed E-state index contributed by atoms with van der Waals surface area (Å²) in [4.78, 5) is 0. The molecule has 4 aliphatic carbocycles. The molecule has 0 spiro atoms. The standard InChI is InChI=1S/2C26H18S.OS/c2*1-5-17-9-3-11-21-23(15-13-19(7-1)25(17)21)27-24-16-14-20-8-2-6-18-10-4-12-22(24)26(18)20;1-2/h2*1-16,23-24H;. The summed E-state index contributed by atoms with van der Waals surface area (Å²) >= 11 is 6.92. The average Bonchev–Trinajstić information content (AvgIpc) is 3.26. The van der Waals surface area contributed by atoms with Crippen LogP contribution < -0.4 is 0 Å². The molecule has 4 aliphatic rings. The lowest BCUT2D eigenvalue weighted by Crippen LogP contribution is -2.03. The van der Waals surface area contributed by atoms with E-state index in [0.29, 0.717) is 21.0 Å². The highest BCUT2D eigenvalue weighted by Crippen LogP contribution is 2.51. The van der Waals surface area contributed by atoms with E-state index >= 15 is 0 Å². The Morgan fingerprint density at radius 1 is 0.304 bits per heavy atom. The summed E-state index contributed by atoms with van der Waals surface area (Å²) in [5.74, 6) is 0. The quantitative estimate of drug-likeness (QED) is 0.177. The van der Waals surface area contributed by atoms with Gasteiger partial charge in [-0.2, -0.15) is 4.21 Å². The Labute approximate surface area is 341 Å². The van der Waals surface area contributed by atoms with Crippen molar-refractivity contribution in [2.45, 2.75) is 21.0 Å². The van der Waals surface area contributed by atoms with Crippen LogP contribution in [0.5, 0.6) is 0 Å². The van der Waals surface area contributed by atoms with Crippen LogP contribution in [0.25, 0.3) is 67.4 Å². The molecular formula is C52H36OS3. The molecular weight excluding hydrogens is 737 g/mol. The Kier molecular flexibility index (Phi) is 9.27. The third-order valence-electron chi connectivity index (χ3n) is 11.5. The molecule has 0 fully saturated rings. The van der Waals surface area contributed by atoms with E-state index in [4.69, 9.17) is 4.21 Å². The summed E-state index contributed by atoms with van der Waals surface area (Å²) in [6.07, 6.45) is 18.7. The third kappa shape index (κ3) is 6.04. The molecule has 0 amide bonds. The summed E-state index contributed by atoms with van der Waals surface area (Å²) in [6.45, 7) is 0. The van der Waals surface area contributed by atoms with E-state index in [9.17, 15) is 0 Å². The first kappa shape index (κ1) is 34.9. The van der Waals surface area contributed by atoms with Crippen LogP contribution in [0, 0.1) is 0 Å². The van der Waals surface area contributed by atoms with Crippen molar-refractivity contribution in [2.24, 2.45) is 0 Å². The zero-order chi connectivity index (χ0) is 37.6. The maximum absolute atomic E-state index is 7.83. The van der Waals surface area contributed by atoms with Crippen molar-refractivity contribution < 1.29 is 4.21 Å². The second-order valence-corrected chi connectivity index (χ2v) is 17.1. The van der Waals surface area contributed by atoms with Crippen molar-refractivity contribution in [3.8, 4) is 0 Å². The Hall–Kier alpha value is -5.52. The number of rotatable bonds is 4. The predicted molar refractivity (Wildman–Crippen MR) is 246 cm³/mol.